The molecular formula is C22H25ClN4O. The van der Waals surface area contributed by atoms with Gasteiger partial charge in [0.15, 0.2) is 0 Å². The zero-order chi connectivity index (χ0) is 19.9. The predicted octanol–water partition coefficient (Wildman–Crippen LogP) is 4.76. The van der Waals surface area contributed by atoms with Crippen LogP contribution in [0.2, 0.25) is 5.02 Å². The van der Waals surface area contributed by atoms with Gasteiger partial charge in [0.2, 0.25) is 0 Å². The Bertz CT molecular complexity index is 937. The van der Waals surface area contributed by atoms with Gasteiger partial charge in [0.25, 0.3) is 5.91 Å². The van der Waals surface area contributed by atoms with Crippen LogP contribution >= 0.6 is 11.6 Å². The minimum Gasteiger partial charge on any atom is -0.346 e. The lowest BCUT2D eigenvalue weighted by atomic mass is 10.1. The average Bonchev–Trinajstić information content (AvgIpc) is 3.06. The Kier molecular flexibility index (Phi) is 6.82. The van der Waals surface area contributed by atoms with Crippen LogP contribution in [0.1, 0.15) is 54.1 Å². The van der Waals surface area contributed by atoms with E-state index < -0.39 is 0 Å². The third-order valence-electron chi connectivity index (χ3n) is 4.49. The fourth-order valence-electron chi connectivity index (χ4n) is 3.23. The van der Waals surface area contributed by atoms with Crippen molar-refractivity contribution in [2.45, 2.75) is 46.1 Å². The van der Waals surface area contributed by atoms with Crippen LogP contribution in [0.3, 0.4) is 0 Å². The largest absolute Gasteiger partial charge is 0.346 e. The first-order chi connectivity index (χ1) is 13.7. The van der Waals surface area contributed by atoms with Gasteiger partial charge in [-0.1, -0.05) is 56.5 Å². The quantitative estimate of drug-likeness (QED) is 0.597. The highest BCUT2D eigenvalue weighted by molar-refractivity contribution is 6.32. The fourth-order valence-corrected chi connectivity index (χ4v) is 3.45. The molecule has 0 saturated heterocycles. The van der Waals surface area contributed by atoms with E-state index in [2.05, 4.69) is 24.1 Å². The maximum Gasteiger partial charge on any atom is 0.255 e. The maximum absolute atomic E-state index is 13.1. The molecule has 1 N–H and O–H groups in total. The Morgan fingerprint density at radius 2 is 1.82 bits per heavy atom. The highest BCUT2D eigenvalue weighted by Crippen LogP contribution is 2.26. The molecule has 0 bridgehead atoms. The van der Waals surface area contributed by atoms with Gasteiger partial charge in [-0.3, -0.25) is 9.78 Å². The highest BCUT2D eigenvalue weighted by atomic mass is 35.5. The molecule has 28 heavy (non-hydrogen) atoms. The molecule has 5 nitrogen and oxygen atoms in total. The molecular weight excluding hydrogens is 372 g/mol. The Morgan fingerprint density at radius 1 is 1.07 bits per heavy atom. The van der Waals surface area contributed by atoms with E-state index in [4.69, 9.17) is 16.7 Å². The molecule has 146 valence electrons. The topological polar surface area (TPSA) is 59.8 Å². The zero-order valence-corrected chi connectivity index (χ0v) is 17.0. The Balaban J connectivity index is 2.00. The molecule has 1 aromatic carbocycles. The molecule has 0 spiro atoms. The summed E-state index contributed by atoms with van der Waals surface area (Å²) >= 11 is 6.42. The lowest BCUT2D eigenvalue weighted by Gasteiger charge is -2.11. The summed E-state index contributed by atoms with van der Waals surface area (Å²) in [4.78, 5) is 17.4. The van der Waals surface area contributed by atoms with Crippen LogP contribution in [-0.4, -0.2) is 20.7 Å². The van der Waals surface area contributed by atoms with Crippen LogP contribution in [0, 0.1) is 0 Å². The van der Waals surface area contributed by atoms with Gasteiger partial charge in [-0.2, -0.15) is 5.10 Å². The van der Waals surface area contributed by atoms with Crippen molar-refractivity contribution >= 4 is 17.5 Å². The zero-order valence-electron chi connectivity index (χ0n) is 16.3. The summed E-state index contributed by atoms with van der Waals surface area (Å²) in [5, 5.41) is 8.40. The number of carbonyl (C=O) groups excluding carboxylic acids is 1. The molecule has 1 amide bonds. The monoisotopic (exact) mass is 396 g/mol. The minimum absolute atomic E-state index is 0.115. The number of amides is 1. The molecule has 3 rings (SSSR count). The SMILES string of the molecule is CCCc1nn(-c2ccccc2Cl)c(CCC)c1C(=O)NCc1ccccn1. The molecule has 2 aromatic heterocycles. The van der Waals surface area contributed by atoms with Crippen molar-refractivity contribution in [1.29, 1.82) is 0 Å². The molecule has 0 aliphatic rings. The molecule has 0 atom stereocenters. The minimum atomic E-state index is -0.115. The summed E-state index contributed by atoms with van der Waals surface area (Å²) in [6, 6.07) is 13.3. The normalized spacial score (nSPS) is 10.8. The molecule has 0 unspecified atom stereocenters. The highest BCUT2D eigenvalue weighted by Gasteiger charge is 2.24. The van der Waals surface area contributed by atoms with Gasteiger partial charge < -0.3 is 5.32 Å². The Morgan fingerprint density at radius 3 is 2.50 bits per heavy atom. The van der Waals surface area contributed by atoms with Crippen molar-refractivity contribution in [3.63, 3.8) is 0 Å². The summed E-state index contributed by atoms with van der Waals surface area (Å²) < 4.78 is 1.84. The van der Waals surface area contributed by atoms with Crippen molar-refractivity contribution in [2.24, 2.45) is 0 Å². The second-order valence-electron chi connectivity index (χ2n) is 6.64. The van der Waals surface area contributed by atoms with E-state index in [1.165, 1.54) is 0 Å². The van der Waals surface area contributed by atoms with E-state index in [1.54, 1.807) is 6.20 Å². The number of benzene rings is 1. The summed E-state index contributed by atoms with van der Waals surface area (Å²) in [5.74, 6) is -0.115. The van der Waals surface area contributed by atoms with Crippen LogP contribution < -0.4 is 5.32 Å². The molecule has 0 aliphatic heterocycles. The number of nitrogens with one attached hydrogen (secondary N) is 1. The number of carbonyl (C=O) groups is 1. The fraction of sp³-hybridized carbons (Fsp3) is 0.318. The Labute approximate surface area is 170 Å². The van der Waals surface area contributed by atoms with E-state index >= 15 is 0 Å². The van der Waals surface area contributed by atoms with Crippen LogP contribution in [0.15, 0.2) is 48.7 Å². The molecule has 3 aromatic rings. The lowest BCUT2D eigenvalue weighted by molar-refractivity contribution is 0.0948. The standard InChI is InChI=1S/C22H25ClN4O/c1-3-9-18-21(22(28)25-15-16-11-7-8-14-24-16)20(10-4-2)27(26-18)19-13-6-5-12-17(19)23/h5-8,11-14H,3-4,9-10,15H2,1-2H3,(H,25,28). The number of rotatable bonds is 8. The van der Waals surface area contributed by atoms with Gasteiger partial charge in [-0.05, 0) is 37.1 Å². The van der Waals surface area contributed by atoms with E-state index in [0.29, 0.717) is 17.1 Å². The first kappa shape index (κ1) is 20.1. The molecule has 0 radical (unpaired) electrons. The number of hydrogen-bond acceptors (Lipinski definition) is 3. The molecule has 0 fully saturated rings. The second kappa shape index (κ2) is 9.51. The number of halogens is 1. The number of aromatic nitrogens is 3. The molecule has 2 heterocycles. The van der Waals surface area contributed by atoms with E-state index in [-0.39, 0.29) is 5.91 Å². The summed E-state index contributed by atoms with van der Waals surface area (Å²) in [7, 11) is 0. The molecule has 6 heteroatoms. The van der Waals surface area contributed by atoms with E-state index in [1.807, 2.05) is 47.1 Å². The summed E-state index contributed by atoms with van der Waals surface area (Å²) in [6.45, 7) is 4.57. The van der Waals surface area contributed by atoms with Gasteiger partial charge in [0.05, 0.1) is 39.9 Å². The molecule has 0 saturated carbocycles. The van der Waals surface area contributed by atoms with Crippen molar-refractivity contribution in [1.82, 2.24) is 20.1 Å². The third-order valence-corrected chi connectivity index (χ3v) is 4.81. The van der Waals surface area contributed by atoms with E-state index in [9.17, 15) is 4.79 Å². The first-order valence-corrected chi connectivity index (χ1v) is 10.1. The van der Waals surface area contributed by atoms with Crippen LogP contribution in [0.4, 0.5) is 0 Å². The van der Waals surface area contributed by atoms with Crippen molar-refractivity contribution in [2.75, 3.05) is 0 Å². The van der Waals surface area contributed by atoms with Crippen molar-refractivity contribution < 1.29 is 4.79 Å². The number of pyridine rings is 1. The van der Waals surface area contributed by atoms with Crippen LogP contribution in [0.5, 0.6) is 0 Å². The third kappa shape index (κ3) is 4.42. The second-order valence-corrected chi connectivity index (χ2v) is 7.04. The Hall–Kier alpha value is -2.66. The first-order valence-electron chi connectivity index (χ1n) is 9.69. The number of aryl methyl sites for hydroxylation is 1. The van der Waals surface area contributed by atoms with Crippen LogP contribution in [-0.2, 0) is 19.4 Å². The molecule has 0 aliphatic carbocycles. The van der Waals surface area contributed by atoms with Gasteiger partial charge in [0, 0.05) is 6.20 Å². The number of nitrogens with zero attached hydrogens (tertiary/aromatic N) is 3. The van der Waals surface area contributed by atoms with Crippen LogP contribution in [0.25, 0.3) is 5.69 Å². The van der Waals surface area contributed by atoms with Gasteiger partial charge >= 0.3 is 0 Å². The number of para-hydroxylation sites is 1. The van der Waals surface area contributed by atoms with Gasteiger partial charge in [0.1, 0.15) is 0 Å². The van der Waals surface area contributed by atoms with Crippen molar-refractivity contribution in [3.8, 4) is 5.69 Å². The predicted molar refractivity (Wildman–Crippen MR) is 112 cm³/mol. The van der Waals surface area contributed by atoms with E-state index in [0.717, 1.165) is 48.5 Å². The maximum atomic E-state index is 13.1. The summed E-state index contributed by atoms with van der Waals surface area (Å²) in [5.41, 5.74) is 4.00. The van der Waals surface area contributed by atoms with Gasteiger partial charge in [-0.15, -0.1) is 0 Å². The number of hydrogen-bond donors (Lipinski definition) is 1. The lowest BCUT2D eigenvalue weighted by Crippen LogP contribution is -2.25. The summed E-state index contributed by atoms with van der Waals surface area (Å²) in [6.07, 6.45) is 5.02. The smallest absolute Gasteiger partial charge is 0.255 e. The van der Waals surface area contributed by atoms with Crippen molar-refractivity contribution in [3.05, 3.63) is 76.3 Å². The van der Waals surface area contributed by atoms with Gasteiger partial charge in [-0.25, -0.2) is 4.68 Å². The average molecular weight is 397 g/mol.